The lowest BCUT2D eigenvalue weighted by molar-refractivity contribution is -0.138. The van der Waals surface area contributed by atoms with Gasteiger partial charge in [-0.3, -0.25) is 4.79 Å². The van der Waals surface area contributed by atoms with Crippen molar-refractivity contribution in [2.75, 3.05) is 26.3 Å². The lowest BCUT2D eigenvalue weighted by Gasteiger charge is -2.32. The van der Waals surface area contributed by atoms with Gasteiger partial charge in [-0.15, -0.1) is 0 Å². The summed E-state index contributed by atoms with van der Waals surface area (Å²) in [7, 11) is 0. The molecule has 0 aromatic carbocycles. The molecule has 16 heavy (non-hydrogen) atoms. The molecule has 1 unspecified atom stereocenters. The quantitative estimate of drug-likeness (QED) is 0.738. The molecule has 1 saturated heterocycles. The smallest absolute Gasteiger partial charge is 0.242 e. The van der Waals surface area contributed by atoms with E-state index in [1.807, 2.05) is 13.8 Å². The molecule has 0 spiro atoms. The van der Waals surface area contributed by atoms with Gasteiger partial charge >= 0.3 is 0 Å². The molecule has 1 aliphatic heterocycles. The van der Waals surface area contributed by atoms with Crippen molar-refractivity contribution in [3.05, 3.63) is 0 Å². The monoisotopic (exact) mass is 225 g/mol. The van der Waals surface area contributed by atoms with Crippen LogP contribution in [0, 0.1) is 11.3 Å². The van der Waals surface area contributed by atoms with E-state index in [1.165, 1.54) is 0 Å². The second-order valence-electron chi connectivity index (χ2n) is 4.12. The highest BCUT2D eigenvalue weighted by Crippen LogP contribution is 2.05. The molecule has 90 valence electrons. The molecular formula is C11H19N3O2. The van der Waals surface area contributed by atoms with Gasteiger partial charge in [-0.05, 0) is 13.8 Å². The first-order valence-electron chi connectivity index (χ1n) is 5.65. The number of rotatable bonds is 4. The molecule has 1 fully saturated rings. The molecule has 0 radical (unpaired) electrons. The van der Waals surface area contributed by atoms with Crippen LogP contribution in [0.3, 0.4) is 0 Å². The SMILES string of the molecule is CC(C)N(CCC#N)C(=O)C1COCCN1. The molecule has 0 aliphatic carbocycles. The Morgan fingerprint density at radius 3 is 2.94 bits per heavy atom. The molecule has 0 saturated carbocycles. The fourth-order valence-electron chi connectivity index (χ4n) is 1.72. The average molecular weight is 225 g/mol. The fourth-order valence-corrected chi connectivity index (χ4v) is 1.72. The molecule has 0 aromatic rings. The third-order valence-electron chi connectivity index (χ3n) is 2.59. The molecule has 1 aliphatic rings. The maximum atomic E-state index is 12.1. The van der Waals surface area contributed by atoms with Crippen LogP contribution in [0.4, 0.5) is 0 Å². The summed E-state index contributed by atoms with van der Waals surface area (Å²) in [5.74, 6) is 0.0324. The summed E-state index contributed by atoms with van der Waals surface area (Å²) < 4.78 is 5.26. The average Bonchev–Trinajstić information content (AvgIpc) is 2.30. The van der Waals surface area contributed by atoms with Crippen LogP contribution in [0.2, 0.25) is 0 Å². The summed E-state index contributed by atoms with van der Waals surface area (Å²) in [5, 5.41) is 11.7. The molecule has 1 atom stereocenters. The number of carbonyl (C=O) groups is 1. The van der Waals surface area contributed by atoms with E-state index in [0.29, 0.717) is 32.7 Å². The first kappa shape index (κ1) is 12.9. The van der Waals surface area contributed by atoms with E-state index in [2.05, 4.69) is 11.4 Å². The van der Waals surface area contributed by atoms with Crippen molar-refractivity contribution >= 4 is 5.91 Å². The zero-order valence-electron chi connectivity index (χ0n) is 9.90. The number of hydrogen-bond donors (Lipinski definition) is 1. The minimum absolute atomic E-state index is 0.0324. The number of nitrogens with one attached hydrogen (secondary N) is 1. The second kappa shape index (κ2) is 6.46. The zero-order chi connectivity index (χ0) is 12.0. The van der Waals surface area contributed by atoms with Crippen LogP contribution in [0.1, 0.15) is 20.3 Å². The van der Waals surface area contributed by atoms with Crippen molar-refractivity contribution in [3.63, 3.8) is 0 Å². The first-order valence-corrected chi connectivity index (χ1v) is 5.65. The van der Waals surface area contributed by atoms with Gasteiger partial charge in [0.2, 0.25) is 5.91 Å². The number of amides is 1. The molecule has 5 heteroatoms. The Balaban J connectivity index is 2.55. The molecule has 5 nitrogen and oxygen atoms in total. The van der Waals surface area contributed by atoms with Crippen molar-refractivity contribution in [3.8, 4) is 6.07 Å². The van der Waals surface area contributed by atoms with Gasteiger partial charge in [-0.2, -0.15) is 5.26 Å². The zero-order valence-corrected chi connectivity index (χ0v) is 9.90. The van der Waals surface area contributed by atoms with Gasteiger partial charge in [0, 0.05) is 19.1 Å². The van der Waals surface area contributed by atoms with E-state index in [1.54, 1.807) is 4.90 Å². The number of nitrogens with zero attached hydrogens (tertiary/aromatic N) is 2. The van der Waals surface area contributed by atoms with E-state index in [0.717, 1.165) is 0 Å². The van der Waals surface area contributed by atoms with Crippen LogP contribution in [-0.2, 0) is 9.53 Å². The Bertz CT molecular complexity index is 267. The molecule has 1 amide bonds. The molecule has 0 bridgehead atoms. The Morgan fingerprint density at radius 1 is 1.69 bits per heavy atom. The van der Waals surface area contributed by atoms with Gasteiger partial charge < -0.3 is 15.0 Å². The number of morpholine rings is 1. The Morgan fingerprint density at radius 2 is 2.44 bits per heavy atom. The summed E-state index contributed by atoms with van der Waals surface area (Å²) in [6, 6.07) is 1.93. The highest BCUT2D eigenvalue weighted by molar-refractivity contribution is 5.82. The van der Waals surface area contributed by atoms with Crippen molar-refractivity contribution in [1.82, 2.24) is 10.2 Å². The van der Waals surface area contributed by atoms with Gasteiger partial charge in [-0.25, -0.2) is 0 Å². The topological polar surface area (TPSA) is 65.4 Å². The molecule has 1 rings (SSSR count). The van der Waals surface area contributed by atoms with E-state index >= 15 is 0 Å². The second-order valence-corrected chi connectivity index (χ2v) is 4.12. The van der Waals surface area contributed by atoms with Crippen LogP contribution in [-0.4, -0.2) is 49.2 Å². The van der Waals surface area contributed by atoms with Gasteiger partial charge in [0.1, 0.15) is 6.04 Å². The largest absolute Gasteiger partial charge is 0.378 e. The van der Waals surface area contributed by atoms with Gasteiger partial charge in [0.15, 0.2) is 0 Å². The highest BCUT2D eigenvalue weighted by Gasteiger charge is 2.27. The predicted octanol–water partition coefficient (Wildman–Crippen LogP) is 0.125. The number of nitriles is 1. The first-order chi connectivity index (χ1) is 7.66. The molecular weight excluding hydrogens is 206 g/mol. The number of ether oxygens (including phenoxy) is 1. The summed E-state index contributed by atoms with van der Waals surface area (Å²) >= 11 is 0. The highest BCUT2D eigenvalue weighted by atomic mass is 16.5. The minimum Gasteiger partial charge on any atom is -0.378 e. The third kappa shape index (κ3) is 3.47. The van der Waals surface area contributed by atoms with Crippen LogP contribution in [0.25, 0.3) is 0 Å². The standard InChI is InChI=1S/C11H19N3O2/c1-9(2)14(6-3-4-12)11(15)10-8-16-7-5-13-10/h9-10,13H,3,5-8H2,1-2H3. The molecule has 1 heterocycles. The van der Waals surface area contributed by atoms with Crippen molar-refractivity contribution < 1.29 is 9.53 Å². The van der Waals surface area contributed by atoms with Crippen molar-refractivity contribution in [2.45, 2.75) is 32.4 Å². The Labute approximate surface area is 96.4 Å². The maximum Gasteiger partial charge on any atom is 0.242 e. The lowest BCUT2D eigenvalue weighted by Crippen LogP contribution is -2.54. The maximum absolute atomic E-state index is 12.1. The number of carbonyl (C=O) groups excluding carboxylic acids is 1. The molecule has 1 N–H and O–H groups in total. The minimum atomic E-state index is -0.255. The van der Waals surface area contributed by atoms with E-state index in [9.17, 15) is 4.79 Å². The lowest BCUT2D eigenvalue weighted by atomic mass is 10.2. The third-order valence-corrected chi connectivity index (χ3v) is 2.59. The van der Waals surface area contributed by atoms with Crippen molar-refractivity contribution in [2.24, 2.45) is 0 Å². The number of hydrogen-bond acceptors (Lipinski definition) is 4. The van der Waals surface area contributed by atoms with E-state index in [-0.39, 0.29) is 18.0 Å². The van der Waals surface area contributed by atoms with E-state index in [4.69, 9.17) is 10.00 Å². The van der Waals surface area contributed by atoms with Crippen LogP contribution in [0.5, 0.6) is 0 Å². The summed E-state index contributed by atoms with van der Waals surface area (Å²) in [4.78, 5) is 13.9. The van der Waals surface area contributed by atoms with Gasteiger partial charge in [0.25, 0.3) is 0 Å². The van der Waals surface area contributed by atoms with E-state index < -0.39 is 0 Å². The fraction of sp³-hybridized carbons (Fsp3) is 0.818. The van der Waals surface area contributed by atoms with Gasteiger partial charge in [-0.1, -0.05) is 0 Å². The van der Waals surface area contributed by atoms with Crippen molar-refractivity contribution in [1.29, 1.82) is 5.26 Å². The van der Waals surface area contributed by atoms with Crippen LogP contribution in [0.15, 0.2) is 0 Å². The Hall–Kier alpha value is -1.12. The van der Waals surface area contributed by atoms with Crippen LogP contribution >= 0.6 is 0 Å². The predicted molar refractivity (Wildman–Crippen MR) is 59.7 cm³/mol. The molecule has 0 aromatic heterocycles. The van der Waals surface area contributed by atoms with Crippen LogP contribution < -0.4 is 5.32 Å². The normalized spacial score (nSPS) is 20.5. The van der Waals surface area contributed by atoms with Gasteiger partial charge in [0.05, 0.1) is 25.7 Å². The summed E-state index contributed by atoms with van der Waals surface area (Å²) in [6.07, 6.45) is 0.373. The Kier molecular flexibility index (Phi) is 5.23. The summed E-state index contributed by atoms with van der Waals surface area (Å²) in [6.45, 7) is 6.20. The summed E-state index contributed by atoms with van der Waals surface area (Å²) in [5.41, 5.74) is 0.